The van der Waals surface area contributed by atoms with Crippen molar-refractivity contribution in [3.63, 3.8) is 0 Å². The highest BCUT2D eigenvalue weighted by atomic mass is 16.7. The lowest BCUT2D eigenvalue weighted by molar-refractivity contribution is -0.185. The van der Waals surface area contributed by atoms with Gasteiger partial charge in [-0.05, 0) is 17.7 Å². The molecule has 5 nitrogen and oxygen atoms in total. The number of nitrogens with two attached hydrogens (primary N) is 1. The molecule has 2 aliphatic heterocycles. The number of primary amides is 1. The minimum atomic E-state index is -0.382. The molecule has 0 atom stereocenters. The Morgan fingerprint density at radius 2 is 1.75 bits per heavy atom. The molecule has 0 aliphatic carbocycles. The highest BCUT2D eigenvalue weighted by Crippen LogP contribution is 2.31. The van der Waals surface area contributed by atoms with Crippen LogP contribution in [0.4, 0.5) is 0 Å². The van der Waals surface area contributed by atoms with Crippen LogP contribution in [0.3, 0.4) is 0 Å². The Morgan fingerprint density at radius 3 is 2.30 bits per heavy atom. The van der Waals surface area contributed by atoms with Crippen LogP contribution in [0.1, 0.15) is 28.8 Å². The van der Waals surface area contributed by atoms with E-state index in [9.17, 15) is 4.79 Å². The molecule has 1 aromatic rings. The van der Waals surface area contributed by atoms with Crippen molar-refractivity contribution < 1.29 is 14.3 Å². The third-order valence-electron chi connectivity index (χ3n) is 4.08. The zero-order valence-electron chi connectivity index (χ0n) is 11.5. The zero-order valence-corrected chi connectivity index (χ0v) is 11.5. The fourth-order valence-corrected chi connectivity index (χ4v) is 2.87. The molecule has 2 fully saturated rings. The van der Waals surface area contributed by atoms with Gasteiger partial charge in [0.15, 0.2) is 5.79 Å². The van der Waals surface area contributed by atoms with E-state index in [0.717, 1.165) is 32.5 Å². The molecular formula is C15H20N2O3. The molecule has 20 heavy (non-hydrogen) atoms. The lowest BCUT2D eigenvalue weighted by Crippen LogP contribution is -2.44. The van der Waals surface area contributed by atoms with E-state index >= 15 is 0 Å². The second-order valence-electron chi connectivity index (χ2n) is 5.44. The molecule has 2 N–H and O–H groups in total. The Balaban J connectivity index is 1.55. The van der Waals surface area contributed by atoms with Gasteiger partial charge in [-0.3, -0.25) is 9.69 Å². The Hall–Kier alpha value is -1.43. The second-order valence-corrected chi connectivity index (χ2v) is 5.44. The van der Waals surface area contributed by atoms with Crippen molar-refractivity contribution in [2.45, 2.75) is 25.2 Å². The maximum atomic E-state index is 11.0. The number of ether oxygens (including phenoxy) is 2. The molecule has 2 saturated heterocycles. The van der Waals surface area contributed by atoms with Gasteiger partial charge < -0.3 is 15.2 Å². The standard InChI is InChI=1S/C15H20N2O3/c16-14(18)13-3-1-12(2-4-13)11-17-7-5-15(6-8-17)19-9-10-20-15/h1-4H,5-11H2,(H2,16,18). The van der Waals surface area contributed by atoms with E-state index in [2.05, 4.69) is 4.90 Å². The molecule has 0 radical (unpaired) electrons. The molecule has 0 unspecified atom stereocenters. The van der Waals surface area contributed by atoms with Gasteiger partial charge in [-0.15, -0.1) is 0 Å². The van der Waals surface area contributed by atoms with Gasteiger partial charge in [-0.2, -0.15) is 0 Å². The molecule has 108 valence electrons. The number of hydrogen-bond acceptors (Lipinski definition) is 4. The van der Waals surface area contributed by atoms with Gasteiger partial charge in [-0.25, -0.2) is 0 Å². The van der Waals surface area contributed by atoms with Crippen LogP contribution < -0.4 is 5.73 Å². The number of hydrogen-bond donors (Lipinski definition) is 1. The molecule has 1 aromatic carbocycles. The third-order valence-corrected chi connectivity index (χ3v) is 4.08. The highest BCUT2D eigenvalue weighted by molar-refractivity contribution is 5.92. The van der Waals surface area contributed by atoms with Gasteiger partial charge in [-0.1, -0.05) is 12.1 Å². The normalized spacial score (nSPS) is 22.2. The third kappa shape index (κ3) is 2.85. The molecule has 0 aromatic heterocycles. The molecule has 0 saturated carbocycles. The number of rotatable bonds is 3. The molecule has 2 heterocycles. The highest BCUT2D eigenvalue weighted by Gasteiger charge is 2.39. The van der Waals surface area contributed by atoms with Gasteiger partial charge in [0, 0.05) is 38.0 Å². The predicted octanol–water partition coefficient (Wildman–Crippen LogP) is 1.12. The SMILES string of the molecule is NC(=O)c1ccc(CN2CCC3(CC2)OCCO3)cc1. The summed E-state index contributed by atoms with van der Waals surface area (Å²) in [5.41, 5.74) is 6.99. The van der Waals surface area contributed by atoms with Crippen LogP contribution in [-0.2, 0) is 16.0 Å². The Bertz CT molecular complexity index is 470. The topological polar surface area (TPSA) is 64.8 Å². The minimum absolute atomic E-state index is 0.313. The average molecular weight is 276 g/mol. The number of carbonyl (C=O) groups is 1. The average Bonchev–Trinajstić information content (AvgIpc) is 2.91. The van der Waals surface area contributed by atoms with Crippen LogP contribution in [0.15, 0.2) is 24.3 Å². The van der Waals surface area contributed by atoms with Crippen LogP contribution in [0, 0.1) is 0 Å². The monoisotopic (exact) mass is 276 g/mol. The summed E-state index contributed by atoms with van der Waals surface area (Å²) in [4.78, 5) is 13.4. The molecular weight excluding hydrogens is 256 g/mol. The lowest BCUT2D eigenvalue weighted by Gasteiger charge is -2.37. The molecule has 2 aliphatic rings. The van der Waals surface area contributed by atoms with E-state index < -0.39 is 0 Å². The first-order valence-electron chi connectivity index (χ1n) is 7.06. The molecule has 1 spiro atoms. The number of nitrogens with zero attached hydrogens (tertiary/aromatic N) is 1. The fourth-order valence-electron chi connectivity index (χ4n) is 2.87. The number of carbonyl (C=O) groups excluding carboxylic acids is 1. The summed E-state index contributed by atoms with van der Waals surface area (Å²) in [6.07, 6.45) is 1.85. The van der Waals surface area contributed by atoms with Crippen molar-refractivity contribution in [1.82, 2.24) is 4.90 Å². The molecule has 3 rings (SSSR count). The second kappa shape index (κ2) is 5.52. The summed E-state index contributed by atoms with van der Waals surface area (Å²) in [6, 6.07) is 7.50. The van der Waals surface area contributed by atoms with E-state index in [1.165, 1.54) is 5.56 Å². The van der Waals surface area contributed by atoms with Crippen LogP contribution in [0.2, 0.25) is 0 Å². The largest absolute Gasteiger partial charge is 0.366 e. The van der Waals surface area contributed by atoms with Crippen molar-refractivity contribution in [2.75, 3.05) is 26.3 Å². The summed E-state index contributed by atoms with van der Waals surface area (Å²) in [5.74, 6) is -0.696. The Labute approximate surface area is 118 Å². The first-order valence-corrected chi connectivity index (χ1v) is 7.06. The van der Waals surface area contributed by atoms with Gasteiger partial charge in [0.1, 0.15) is 0 Å². The van der Waals surface area contributed by atoms with Crippen molar-refractivity contribution in [2.24, 2.45) is 5.73 Å². The zero-order chi connectivity index (χ0) is 14.0. The fraction of sp³-hybridized carbons (Fsp3) is 0.533. The smallest absolute Gasteiger partial charge is 0.248 e. The molecule has 0 bridgehead atoms. The van der Waals surface area contributed by atoms with Gasteiger partial charge in [0.05, 0.1) is 13.2 Å². The van der Waals surface area contributed by atoms with E-state index in [0.29, 0.717) is 18.8 Å². The number of amides is 1. The number of piperidine rings is 1. The Kier molecular flexibility index (Phi) is 3.74. The summed E-state index contributed by atoms with van der Waals surface area (Å²) >= 11 is 0. The lowest BCUT2D eigenvalue weighted by atomic mass is 10.0. The quantitative estimate of drug-likeness (QED) is 0.898. The van der Waals surface area contributed by atoms with Crippen LogP contribution in [0.25, 0.3) is 0 Å². The van der Waals surface area contributed by atoms with Crippen molar-refractivity contribution in [3.8, 4) is 0 Å². The van der Waals surface area contributed by atoms with E-state index in [1.807, 2.05) is 12.1 Å². The van der Waals surface area contributed by atoms with Crippen molar-refractivity contribution in [1.29, 1.82) is 0 Å². The van der Waals surface area contributed by atoms with Crippen molar-refractivity contribution in [3.05, 3.63) is 35.4 Å². The first kappa shape index (κ1) is 13.5. The predicted molar refractivity (Wildman–Crippen MR) is 74.1 cm³/mol. The molecule has 1 amide bonds. The maximum absolute atomic E-state index is 11.0. The van der Waals surface area contributed by atoms with Gasteiger partial charge in [0.2, 0.25) is 5.91 Å². The number of likely N-dealkylation sites (tertiary alicyclic amines) is 1. The summed E-state index contributed by atoms with van der Waals surface area (Å²) in [7, 11) is 0. The van der Waals surface area contributed by atoms with Crippen molar-refractivity contribution >= 4 is 5.91 Å². The van der Waals surface area contributed by atoms with Crippen LogP contribution in [-0.4, -0.2) is 42.9 Å². The van der Waals surface area contributed by atoms with Crippen LogP contribution >= 0.6 is 0 Å². The Morgan fingerprint density at radius 1 is 1.15 bits per heavy atom. The summed E-state index contributed by atoms with van der Waals surface area (Å²) in [5, 5.41) is 0. The maximum Gasteiger partial charge on any atom is 0.248 e. The summed E-state index contributed by atoms with van der Waals surface area (Å²) in [6.45, 7) is 4.26. The van der Waals surface area contributed by atoms with Gasteiger partial charge >= 0.3 is 0 Å². The summed E-state index contributed by atoms with van der Waals surface area (Å²) < 4.78 is 11.4. The van der Waals surface area contributed by atoms with E-state index in [1.54, 1.807) is 12.1 Å². The van der Waals surface area contributed by atoms with Crippen LogP contribution in [0.5, 0.6) is 0 Å². The minimum Gasteiger partial charge on any atom is -0.366 e. The molecule has 5 heteroatoms. The number of benzene rings is 1. The van der Waals surface area contributed by atoms with E-state index in [4.69, 9.17) is 15.2 Å². The first-order chi connectivity index (χ1) is 9.67. The van der Waals surface area contributed by atoms with E-state index in [-0.39, 0.29) is 11.7 Å². The van der Waals surface area contributed by atoms with Gasteiger partial charge in [0.25, 0.3) is 0 Å².